The molecular formula is C13H18FNO. The summed E-state index contributed by atoms with van der Waals surface area (Å²) in [5.41, 5.74) is 1.66. The molecule has 0 radical (unpaired) electrons. The monoisotopic (exact) mass is 223 g/mol. The Bertz CT molecular complexity index is 347. The van der Waals surface area contributed by atoms with Gasteiger partial charge in [-0.3, -0.25) is 0 Å². The number of aryl methyl sites for hydroxylation is 1. The SMILES string of the molecule is Cc1cc(F)cc(N[C@H]2CCCC[C@@H]2O)c1. The second kappa shape index (κ2) is 4.83. The topological polar surface area (TPSA) is 32.3 Å². The number of benzene rings is 1. The van der Waals surface area contributed by atoms with Crippen LogP contribution in [0.4, 0.5) is 10.1 Å². The van der Waals surface area contributed by atoms with Crippen molar-refractivity contribution in [2.24, 2.45) is 0 Å². The fourth-order valence-electron chi connectivity index (χ4n) is 2.31. The molecule has 0 saturated heterocycles. The molecular weight excluding hydrogens is 205 g/mol. The highest BCUT2D eigenvalue weighted by atomic mass is 19.1. The number of hydrogen-bond acceptors (Lipinski definition) is 2. The normalized spacial score (nSPS) is 25.4. The third-order valence-corrected chi connectivity index (χ3v) is 3.12. The van der Waals surface area contributed by atoms with Gasteiger partial charge in [-0.15, -0.1) is 0 Å². The summed E-state index contributed by atoms with van der Waals surface area (Å²) in [4.78, 5) is 0. The van der Waals surface area contributed by atoms with Gasteiger partial charge in [0.1, 0.15) is 5.82 Å². The predicted octanol–water partition coefficient (Wildman–Crippen LogP) is 2.85. The molecule has 2 nitrogen and oxygen atoms in total. The zero-order chi connectivity index (χ0) is 11.5. The van der Waals surface area contributed by atoms with Crippen LogP contribution in [0, 0.1) is 12.7 Å². The van der Waals surface area contributed by atoms with Gasteiger partial charge in [0.15, 0.2) is 0 Å². The molecule has 1 aromatic rings. The van der Waals surface area contributed by atoms with Crippen molar-refractivity contribution in [1.29, 1.82) is 0 Å². The maximum absolute atomic E-state index is 13.2. The van der Waals surface area contributed by atoms with Gasteiger partial charge < -0.3 is 10.4 Å². The molecule has 0 aromatic heterocycles. The molecule has 0 heterocycles. The molecule has 1 aliphatic carbocycles. The highest BCUT2D eigenvalue weighted by Gasteiger charge is 2.22. The van der Waals surface area contributed by atoms with Gasteiger partial charge in [-0.2, -0.15) is 0 Å². The number of nitrogens with one attached hydrogen (secondary N) is 1. The average molecular weight is 223 g/mol. The molecule has 0 aliphatic heterocycles. The second-order valence-electron chi connectivity index (χ2n) is 4.62. The fourth-order valence-corrected chi connectivity index (χ4v) is 2.31. The maximum atomic E-state index is 13.2. The van der Waals surface area contributed by atoms with Crippen LogP contribution >= 0.6 is 0 Å². The van der Waals surface area contributed by atoms with Crippen molar-refractivity contribution in [3.8, 4) is 0 Å². The van der Waals surface area contributed by atoms with Crippen molar-refractivity contribution in [2.45, 2.75) is 44.8 Å². The lowest BCUT2D eigenvalue weighted by molar-refractivity contribution is 0.116. The van der Waals surface area contributed by atoms with Crippen molar-refractivity contribution in [3.63, 3.8) is 0 Å². The molecule has 2 N–H and O–H groups in total. The highest BCUT2D eigenvalue weighted by Crippen LogP contribution is 2.23. The molecule has 0 unspecified atom stereocenters. The first-order valence-corrected chi connectivity index (χ1v) is 5.87. The van der Waals surface area contributed by atoms with E-state index in [0.29, 0.717) is 0 Å². The van der Waals surface area contributed by atoms with Crippen molar-refractivity contribution in [1.82, 2.24) is 0 Å². The van der Waals surface area contributed by atoms with Crippen LogP contribution in [0.25, 0.3) is 0 Å². The summed E-state index contributed by atoms with van der Waals surface area (Å²) < 4.78 is 13.2. The molecule has 1 fully saturated rings. The molecule has 1 saturated carbocycles. The lowest BCUT2D eigenvalue weighted by Gasteiger charge is -2.29. The third-order valence-electron chi connectivity index (χ3n) is 3.12. The van der Waals surface area contributed by atoms with Crippen molar-refractivity contribution in [3.05, 3.63) is 29.6 Å². The Morgan fingerprint density at radius 3 is 2.69 bits per heavy atom. The van der Waals surface area contributed by atoms with E-state index in [0.717, 1.165) is 36.9 Å². The van der Waals surface area contributed by atoms with Crippen molar-refractivity contribution in [2.75, 3.05) is 5.32 Å². The van der Waals surface area contributed by atoms with Gasteiger partial charge in [0.05, 0.1) is 12.1 Å². The summed E-state index contributed by atoms with van der Waals surface area (Å²) in [7, 11) is 0. The quantitative estimate of drug-likeness (QED) is 0.808. The molecule has 1 aromatic carbocycles. The van der Waals surface area contributed by atoms with Crippen LogP contribution in [0.15, 0.2) is 18.2 Å². The smallest absolute Gasteiger partial charge is 0.125 e. The number of aliphatic hydroxyl groups excluding tert-OH is 1. The van der Waals surface area contributed by atoms with E-state index < -0.39 is 0 Å². The van der Waals surface area contributed by atoms with E-state index in [-0.39, 0.29) is 18.0 Å². The van der Waals surface area contributed by atoms with Gasteiger partial charge in [-0.05, 0) is 43.5 Å². The summed E-state index contributed by atoms with van der Waals surface area (Å²) in [5.74, 6) is -0.229. The van der Waals surface area contributed by atoms with Gasteiger partial charge in [0, 0.05) is 5.69 Å². The first kappa shape index (κ1) is 11.4. The Hall–Kier alpha value is -1.09. The van der Waals surface area contributed by atoms with Crippen LogP contribution in [-0.4, -0.2) is 17.3 Å². The van der Waals surface area contributed by atoms with Crippen LogP contribution < -0.4 is 5.32 Å². The maximum Gasteiger partial charge on any atom is 0.125 e. The van der Waals surface area contributed by atoms with Gasteiger partial charge in [0.2, 0.25) is 0 Å². The van der Waals surface area contributed by atoms with E-state index in [1.165, 1.54) is 12.1 Å². The molecule has 2 rings (SSSR count). The van der Waals surface area contributed by atoms with Gasteiger partial charge >= 0.3 is 0 Å². The van der Waals surface area contributed by atoms with E-state index in [1.54, 1.807) is 0 Å². The lowest BCUT2D eigenvalue weighted by atomic mass is 9.92. The Balaban J connectivity index is 2.07. The summed E-state index contributed by atoms with van der Waals surface area (Å²) in [5, 5.41) is 13.0. The molecule has 16 heavy (non-hydrogen) atoms. The number of aliphatic hydroxyl groups is 1. The predicted molar refractivity (Wildman–Crippen MR) is 63.0 cm³/mol. The molecule has 88 valence electrons. The van der Waals surface area contributed by atoms with E-state index in [9.17, 15) is 9.50 Å². The molecule has 2 atom stereocenters. The zero-order valence-electron chi connectivity index (χ0n) is 9.54. The zero-order valence-corrected chi connectivity index (χ0v) is 9.54. The minimum Gasteiger partial charge on any atom is -0.391 e. The fraction of sp³-hybridized carbons (Fsp3) is 0.538. The number of anilines is 1. The molecule has 0 bridgehead atoms. The molecule has 3 heteroatoms. The van der Waals surface area contributed by atoms with E-state index >= 15 is 0 Å². The number of hydrogen-bond donors (Lipinski definition) is 2. The van der Waals surface area contributed by atoms with E-state index in [1.807, 2.05) is 13.0 Å². The van der Waals surface area contributed by atoms with Crippen LogP contribution in [-0.2, 0) is 0 Å². The Labute approximate surface area is 95.5 Å². The van der Waals surface area contributed by atoms with E-state index in [4.69, 9.17) is 0 Å². The van der Waals surface area contributed by atoms with Crippen molar-refractivity contribution >= 4 is 5.69 Å². The summed E-state index contributed by atoms with van der Waals surface area (Å²) in [6.45, 7) is 1.87. The highest BCUT2D eigenvalue weighted by molar-refractivity contribution is 5.47. The number of rotatable bonds is 2. The summed E-state index contributed by atoms with van der Waals surface area (Å²) >= 11 is 0. The van der Waals surface area contributed by atoms with E-state index in [2.05, 4.69) is 5.32 Å². The standard InChI is InChI=1S/C13H18FNO/c1-9-6-10(14)8-11(7-9)15-12-4-2-3-5-13(12)16/h6-8,12-13,15-16H,2-5H2,1H3/t12-,13-/m0/s1. The molecule has 0 amide bonds. The summed E-state index contributed by atoms with van der Waals surface area (Å²) in [6.07, 6.45) is 3.70. The minimum atomic E-state index is -0.308. The van der Waals surface area contributed by atoms with Crippen LogP contribution in [0.5, 0.6) is 0 Å². The Morgan fingerprint density at radius 1 is 1.25 bits per heavy atom. The Kier molecular flexibility index (Phi) is 3.44. The largest absolute Gasteiger partial charge is 0.391 e. The molecule has 0 spiro atoms. The van der Waals surface area contributed by atoms with Crippen LogP contribution in [0.1, 0.15) is 31.2 Å². The third kappa shape index (κ3) is 2.73. The second-order valence-corrected chi connectivity index (χ2v) is 4.62. The van der Waals surface area contributed by atoms with Gasteiger partial charge in [0.25, 0.3) is 0 Å². The first-order chi connectivity index (χ1) is 7.65. The van der Waals surface area contributed by atoms with Crippen LogP contribution in [0.3, 0.4) is 0 Å². The lowest BCUT2D eigenvalue weighted by Crippen LogP contribution is -2.36. The Morgan fingerprint density at radius 2 is 2.00 bits per heavy atom. The summed E-state index contributed by atoms with van der Waals surface area (Å²) in [6, 6.07) is 4.95. The van der Waals surface area contributed by atoms with Gasteiger partial charge in [-0.1, -0.05) is 12.8 Å². The van der Waals surface area contributed by atoms with Crippen molar-refractivity contribution < 1.29 is 9.50 Å². The first-order valence-electron chi connectivity index (χ1n) is 5.87. The number of halogens is 1. The minimum absolute atomic E-state index is 0.0648. The average Bonchev–Trinajstić information content (AvgIpc) is 2.20. The van der Waals surface area contributed by atoms with Crippen LogP contribution in [0.2, 0.25) is 0 Å². The van der Waals surface area contributed by atoms with Gasteiger partial charge in [-0.25, -0.2) is 4.39 Å². The molecule has 1 aliphatic rings.